The van der Waals surface area contributed by atoms with Crippen LogP contribution < -0.4 is 0 Å². The highest BCUT2D eigenvalue weighted by Crippen LogP contribution is 2.23. The minimum absolute atomic E-state index is 0.742. The molecule has 96 valence electrons. The zero-order valence-electron chi connectivity index (χ0n) is 11.9. The summed E-state index contributed by atoms with van der Waals surface area (Å²) in [4.78, 5) is 2.25. The van der Waals surface area contributed by atoms with Crippen LogP contribution in [0.25, 0.3) is 0 Å². The molecule has 1 rings (SSSR count). The first-order valence-corrected chi connectivity index (χ1v) is 6.90. The number of nitrogens with zero attached hydrogens (tertiary/aromatic N) is 1. The zero-order chi connectivity index (χ0) is 12.7. The van der Waals surface area contributed by atoms with Gasteiger partial charge in [-0.2, -0.15) is 0 Å². The Morgan fingerprint density at radius 3 is 2.06 bits per heavy atom. The smallest absolute Gasteiger partial charge is 0.00217 e. The maximum Gasteiger partial charge on any atom is -0.00217 e. The van der Waals surface area contributed by atoms with Crippen molar-refractivity contribution in [2.24, 2.45) is 0 Å². The van der Waals surface area contributed by atoms with Crippen LogP contribution in [0.4, 0.5) is 0 Å². The van der Waals surface area contributed by atoms with E-state index >= 15 is 0 Å². The van der Waals surface area contributed by atoms with E-state index in [2.05, 4.69) is 57.1 Å². The molecule has 1 aromatic carbocycles. The second-order valence-electron chi connectivity index (χ2n) is 5.16. The van der Waals surface area contributed by atoms with Crippen molar-refractivity contribution in [3.8, 4) is 0 Å². The molecule has 1 aromatic rings. The van der Waals surface area contributed by atoms with Gasteiger partial charge in [-0.1, -0.05) is 38.1 Å². The van der Waals surface area contributed by atoms with Gasteiger partial charge in [-0.3, -0.25) is 0 Å². The van der Waals surface area contributed by atoms with Gasteiger partial charge in [-0.05, 0) is 63.4 Å². The third-order valence-corrected chi connectivity index (χ3v) is 3.51. The van der Waals surface area contributed by atoms with Crippen LogP contribution in [-0.4, -0.2) is 25.5 Å². The van der Waals surface area contributed by atoms with Gasteiger partial charge in [0.05, 0.1) is 0 Å². The quantitative estimate of drug-likeness (QED) is 0.686. The van der Waals surface area contributed by atoms with E-state index in [4.69, 9.17) is 0 Å². The van der Waals surface area contributed by atoms with Gasteiger partial charge in [0, 0.05) is 0 Å². The molecular weight excluding hydrogens is 206 g/mol. The Morgan fingerprint density at radius 2 is 1.59 bits per heavy atom. The van der Waals surface area contributed by atoms with Crippen LogP contribution in [-0.2, 0) is 6.42 Å². The minimum Gasteiger partial charge on any atom is -0.309 e. The van der Waals surface area contributed by atoms with Crippen molar-refractivity contribution in [2.45, 2.75) is 45.4 Å². The molecule has 17 heavy (non-hydrogen) atoms. The Bertz CT molecular complexity index is 296. The molecule has 0 saturated heterocycles. The Balaban J connectivity index is 2.49. The molecule has 0 N–H and O–H groups in total. The molecule has 0 aromatic heterocycles. The first-order valence-electron chi connectivity index (χ1n) is 6.90. The molecular formula is C16H27N. The van der Waals surface area contributed by atoms with Crippen LogP contribution in [0.2, 0.25) is 0 Å². The molecule has 0 radical (unpaired) electrons. The average Bonchev–Trinajstić information content (AvgIpc) is 2.32. The Kier molecular flexibility index (Phi) is 6.28. The van der Waals surface area contributed by atoms with Gasteiger partial charge < -0.3 is 4.90 Å². The minimum atomic E-state index is 0.742. The summed E-state index contributed by atoms with van der Waals surface area (Å²) in [7, 11) is 4.27. The lowest BCUT2D eigenvalue weighted by Gasteiger charge is -2.13. The monoisotopic (exact) mass is 233 g/mol. The van der Waals surface area contributed by atoms with Crippen molar-refractivity contribution in [1.29, 1.82) is 0 Å². The third-order valence-electron chi connectivity index (χ3n) is 3.51. The Morgan fingerprint density at radius 1 is 1.00 bits per heavy atom. The maximum atomic E-state index is 2.32. The van der Waals surface area contributed by atoms with Gasteiger partial charge in [-0.15, -0.1) is 0 Å². The van der Waals surface area contributed by atoms with Gasteiger partial charge in [0.25, 0.3) is 0 Å². The molecule has 0 saturated carbocycles. The predicted octanol–water partition coefficient (Wildman–Crippen LogP) is 4.08. The van der Waals surface area contributed by atoms with Crippen molar-refractivity contribution < 1.29 is 0 Å². The fraction of sp³-hybridized carbons (Fsp3) is 0.625. The lowest BCUT2D eigenvalue weighted by atomic mass is 9.93. The standard InChI is InChI=1S/C16H27N/c1-5-15(6-2)16-11-9-14(10-12-16)8-7-13-17(3)4/h9-12,15H,5-8,13H2,1-4H3. The molecule has 0 heterocycles. The summed E-state index contributed by atoms with van der Waals surface area (Å²) in [6, 6.07) is 9.26. The summed E-state index contributed by atoms with van der Waals surface area (Å²) >= 11 is 0. The molecule has 1 heteroatoms. The molecule has 0 aliphatic rings. The number of rotatable bonds is 7. The van der Waals surface area contributed by atoms with E-state index in [1.165, 1.54) is 43.4 Å². The topological polar surface area (TPSA) is 3.24 Å². The van der Waals surface area contributed by atoms with Crippen LogP contribution in [0, 0.1) is 0 Å². The average molecular weight is 233 g/mol. The van der Waals surface area contributed by atoms with E-state index in [-0.39, 0.29) is 0 Å². The number of hydrogen-bond acceptors (Lipinski definition) is 1. The Labute approximate surface area is 107 Å². The first kappa shape index (κ1) is 14.2. The van der Waals surface area contributed by atoms with Gasteiger partial charge in [-0.25, -0.2) is 0 Å². The number of aryl methyl sites for hydroxylation is 1. The molecule has 0 atom stereocenters. The van der Waals surface area contributed by atoms with Crippen molar-refractivity contribution in [1.82, 2.24) is 4.90 Å². The second-order valence-corrected chi connectivity index (χ2v) is 5.16. The van der Waals surface area contributed by atoms with E-state index in [1.54, 1.807) is 0 Å². The summed E-state index contributed by atoms with van der Waals surface area (Å²) in [5, 5.41) is 0. The molecule has 0 aliphatic heterocycles. The SMILES string of the molecule is CCC(CC)c1ccc(CCCN(C)C)cc1. The summed E-state index contributed by atoms with van der Waals surface area (Å²) in [6.07, 6.45) is 4.94. The summed E-state index contributed by atoms with van der Waals surface area (Å²) < 4.78 is 0. The first-order chi connectivity index (χ1) is 8.17. The maximum absolute atomic E-state index is 2.32. The fourth-order valence-electron chi connectivity index (χ4n) is 2.32. The summed E-state index contributed by atoms with van der Waals surface area (Å²) in [6.45, 7) is 5.73. The highest BCUT2D eigenvalue weighted by Gasteiger charge is 2.06. The van der Waals surface area contributed by atoms with E-state index in [0.717, 1.165) is 5.92 Å². The van der Waals surface area contributed by atoms with E-state index in [1.807, 2.05) is 0 Å². The molecule has 0 amide bonds. The second kappa shape index (κ2) is 7.50. The molecule has 0 unspecified atom stereocenters. The fourth-order valence-corrected chi connectivity index (χ4v) is 2.32. The van der Waals surface area contributed by atoms with Crippen LogP contribution >= 0.6 is 0 Å². The molecule has 0 spiro atoms. The van der Waals surface area contributed by atoms with E-state index in [0.29, 0.717) is 0 Å². The van der Waals surface area contributed by atoms with E-state index in [9.17, 15) is 0 Å². The zero-order valence-corrected chi connectivity index (χ0v) is 11.9. The number of benzene rings is 1. The third kappa shape index (κ3) is 4.91. The van der Waals surface area contributed by atoms with Gasteiger partial charge in [0.2, 0.25) is 0 Å². The van der Waals surface area contributed by atoms with E-state index < -0.39 is 0 Å². The largest absolute Gasteiger partial charge is 0.309 e. The normalized spacial score (nSPS) is 11.4. The molecule has 0 aliphatic carbocycles. The number of hydrogen-bond donors (Lipinski definition) is 0. The highest BCUT2D eigenvalue weighted by atomic mass is 15.0. The van der Waals surface area contributed by atoms with Crippen molar-refractivity contribution >= 4 is 0 Å². The van der Waals surface area contributed by atoms with Gasteiger partial charge in [0.1, 0.15) is 0 Å². The lowest BCUT2D eigenvalue weighted by molar-refractivity contribution is 0.400. The van der Waals surface area contributed by atoms with Gasteiger partial charge >= 0.3 is 0 Å². The molecule has 0 fully saturated rings. The van der Waals surface area contributed by atoms with Crippen LogP contribution in [0.3, 0.4) is 0 Å². The summed E-state index contributed by atoms with van der Waals surface area (Å²) in [5.41, 5.74) is 2.98. The predicted molar refractivity (Wildman–Crippen MR) is 76.6 cm³/mol. The van der Waals surface area contributed by atoms with Crippen LogP contribution in [0.5, 0.6) is 0 Å². The van der Waals surface area contributed by atoms with Crippen molar-refractivity contribution in [3.63, 3.8) is 0 Å². The van der Waals surface area contributed by atoms with Crippen LogP contribution in [0.15, 0.2) is 24.3 Å². The van der Waals surface area contributed by atoms with Crippen LogP contribution in [0.1, 0.15) is 50.2 Å². The van der Waals surface area contributed by atoms with Crippen molar-refractivity contribution in [2.75, 3.05) is 20.6 Å². The highest BCUT2D eigenvalue weighted by molar-refractivity contribution is 5.25. The Hall–Kier alpha value is -0.820. The van der Waals surface area contributed by atoms with Gasteiger partial charge in [0.15, 0.2) is 0 Å². The molecule has 0 bridgehead atoms. The lowest BCUT2D eigenvalue weighted by Crippen LogP contribution is -2.13. The van der Waals surface area contributed by atoms with Crippen molar-refractivity contribution in [3.05, 3.63) is 35.4 Å². The molecule has 1 nitrogen and oxygen atoms in total. The summed E-state index contributed by atoms with van der Waals surface area (Å²) in [5.74, 6) is 0.742.